The van der Waals surface area contributed by atoms with Crippen molar-refractivity contribution in [1.82, 2.24) is 4.57 Å². The highest BCUT2D eigenvalue weighted by Gasteiger charge is 2.51. The molecule has 1 saturated carbocycles. The number of aryl methyl sites for hydroxylation is 1. The maximum Gasteiger partial charge on any atom is 0.421 e. The number of nitrogens with zero attached hydrogens (tertiary/aromatic N) is 1. The number of amides is 1. The first-order valence-corrected chi connectivity index (χ1v) is 10.8. The van der Waals surface area contributed by atoms with Gasteiger partial charge < -0.3 is 15.0 Å². The van der Waals surface area contributed by atoms with Gasteiger partial charge in [-0.05, 0) is 61.4 Å². The third-order valence-electron chi connectivity index (χ3n) is 6.14. The lowest BCUT2D eigenvalue weighted by atomic mass is 9.92. The van der Waals surface area contributed by atoms with Gasteiger partial charge in [-0.25, -0.2) is 0 Å². The van der Waals surface area contributed by atoms with Crippen LogP contribution in [0.25, 0.3) is 21.7 Å². The van der Waals surface area contributed by atoms with Crippen LogP contribution < -0.4 is 10.9 Å². The summed E-state index contributed by atoms with van der Waals surface area (Å²) in [6, 6.07) is 8.84. The van der Waals surface area contributed by atoms with E-state index in [-0.39, 0.29) is 22.9 Å². The molecule has 1 unspecified atom stereocenters. The number of anilines is 1. The molecule has 0 saturated heterocycles. The molecule has 1 atom stereocenters. The van der Waals surface area contributed by atoms with E-state index in [1.165, 1.54) is 18.2 Å². The van der Waals surface area contributed by atoms with Gasteiger partial charge >= 0.3 is 6.18 Å². The molecule has 2 N–H and O–H groups in total. The van der Waals surface area contributed by atoms with Crippen molar-refractivity contribution in [3.8, 4) is 0 Å². The molecule has 1 aliphatic carbocycles. The smallest absolute Gasteiger partial charge is 0.376 e. The van der Waals surface area contributed by atoms with E-state index < -0.39 is 11.8 Å². The second-order valence-corrected chi connectivity index (χ2v) is 8.64. The summed E-state index contributed by atoms with van der Waals surface area (Å²) in [5, 5.41) is 14.2. The molecular formula is C24H25F3N2O3. The van der Waals surface area contributed by atoms with Gasteiger partial charge in [-0.3, -0.25) is 9.59 Å². The van der Waals surface area contributed by atoms with Crippen molar-refractivity contribution in [2.24, 2.45) is 5.92 Å². The van der Waals surface area contributed by atoms with Crippen molar-refractivity contribution < 1.29 is 23.1 Å². The van der Waals surface area contributed by atoms with E-state index >= 15 is 0 Å². The number of fused-ring (bicyclic) bond motifs is 3. The quantitative estimate of drug-likeness (QED) is 0.519. The topological polar surface area (TPSA) is 71.3 Å². The maximum atomic E-state index is 13.4. The van der Waals surface area contributed by atoms with Crippen molar-refractivity contribution in [1.29, 1.82) is 0 Å². The first kappa shape index (κ1) is 22.3. The summed E-state index contributed by atoms with van der Waals surface area (Å²) in [6.45, 7) is 3.11. The molecule has 0 spiro atoms. The average Bonchev–Trinajstić information content (AvgIpc) is 3.58. The van der Waals surface area contributed by atoms with E-state index in [0.717, 1.165) is 32.6 Å². The Balaban J connectivity index is 1.94. The van der Waals surface area contributed by atoms with E-state index in [0.29, 0.717) is 33.9 Å². The first-order valence-electron chi connectivity index (χ1n) is 10.8. The fourth-order valence-electron chi connectivity index (χ4n) is 3.87. The number of nitrogens with one attached hydrogen (secondary N) is 1. The number of halogens is 3. The van der Waals surface area contributed by atoms with E-state index in [2.05, 4.69) is 5.32 Å². The van der Waals surface area contributed by atoms with E-state index in [1.807, 2.05) is 6.92 Å². The molecule has 170 valence electrons. The summed E-state index contributed by atoms with van der Waals surface area (Å²) < 4.78 is 41.9. The normalized spacial score (nSPS) is 16.3. The molecule has 0 bridgehead atoms. The van der Waals surface area contributed by atoms with Gasteiger partial charge in [0.2, 0.25) is 5.91 Å². The molecule has 0 radical (unpaired) electrons. The van der Waals surface area contributed by atoms with Gasteiger partial charge in [0.15, 0.2) is 5.60 Å². The van der Waals surface area contributed by atoms with Crippen LogP contribution in [0, 0.1) is 5.92 Å². The van der Waals surface area contributed by atoms with Gasteiger partial charge in [0.05, 0.1) is 5.52 Å². The Labute approximate surface area is 182 Å². The fraction of sp³-hybridized carbons (Fsp3) is 0.417. The molecule has 2 aromatic carbocycles. The van der Waals surface area contributed by atoms with Crippen LogP contribution in [0.3, 0.4) is 0 Å². The molecule has 1 aromatic heterocycles. The van der Waals surface area contributed by atoms with Crippen LogP contribution in [-0.4, -0.2) is 21.8 Å². The lowest BCUT2D eigenvalue weighted by Crippen LogP contribution is -2.39. The van der Waals surface area contributed by atoms with Crippen molar-refractivity contribution in [3.05, 3.63) is 52.3 Å². The Hall–Kier alpha value is -2.87. The number of carbonyl (C=O) groups excluding carboxylic acids is 1. The van der Waals surface area contributed by atoms with Crippen LogP contribution in [0.1, 0.15) is 45.1 Å². The summed E-state index contributed by atoms with van der Waals surface area (Å²) in [5.41, 5.74) is -2.61. The molecular weight excluding hydrogens is 421 g/mol. The summed E-state index contributed by atoms with van der Waals surface area (Å²) in [7, 11) is 0. The van der Waals surface area contributed by atoms with E-state index in [9.17, 15) is 27.9 Å². The van der Waals surface area contributed by atoms with Crippen molar-refractivity contribution in [3.63, 3.8) is 0 Å². The molecule has 8 heteroatoms. The van der Waals surface area contributed by atoms with Crippen LogP contribution in [0.2, 0.25) is 0 Å². The highest BCUT2D eigenvalue weighted by Crippen LogP contribution is 2.40. The zero-order chi connectivity index (χ0) is 23.3. The number of rotatable bonds is 6. The Morgan fingerprint density at radius 1 is 1.12 bits per heavy atom. The van der Waals surface area contributed by atoms with Gasteiger partial charge in [-0.2, -0.15) is 13.2 Å². The number of aliphatic hydroxyl groups is 1. The number of aromatic nitrogens is 1. The minimum atomic E-state index is -4.85. The zero-order valence-corrected chi connectivity index (χ0v) is 17.9. The zero-order valence-electron chi connectivity index (χ0n) is 17.9. The second-order valence-electron chi connectivity index (χ2n) is 8.64. The van der Waals surface area contributed by atoms with Crippen LogP contribution in [0.15, 0.2) is 41.2 Å². The van der Waals surface area contributed by atoms with Crippen molar-refractivity contribution in [2.75, 3.05) is 5.32 Å². The summed E-state index contributed by atoms with van der Waals surface area (Å²) in [4.78, 5) is 25.4. The largest absolute Gasteiger partial charge is 0.421 e. The average molecular weight is 446 g/mol. The predicted molar refractivity (Wildman–Crippen MR) is 118 cm³/mol. The maximum absolute atomic E-state index is 13.4. The summed E-state index contributed by atoms with van der Waals surface area (Å²) >= 11 is 0. The van der Waals surface area contributed by atoms with E-state index in [4.69, 9.17) is 0 Å². The van der Waals surface area contributed by atoms with Crippen LogP contribution in [0.4, 0.5) is 18.9 Å². The predicted octanol–water partition coefficient (Wildman–Crippen LogP) is 5.07. The Morgan fingerprint density at radius 3 is 2.47 bits per heavy atom. The van der Waals surface area contributed by atoms with Crippen LogP contribution in [-0.2, 0) is 16.9 Å². The molecule has 0 aliphatic heterocycles. The van der Waals surface area contributed by atoms with Crippen molar-refractivity contribution in [2.45, 2.75) is 57.9 Å². The molecule has 32 heavy (non-hydrogen) atoms. The minimum Gasteiger partial charge on any atom is -0.376 e. The standard InChI is InChI=1S/C24H25F3N2O3/c1-3-4-11-29-20-10-7-15(23(2,32)24(25,26)27)12-18(20)17-9-8-16(13-19(17)22(29)31)28-21(30)14-5-6-14/h7-10,12-14,32H,3-6,11H2,1-2H3,(H,28,30). The highest BCUT2D eigenvalue weighted by atomic mass is 19.4. The molecule has 5 nitrogen and oxygen atoms in total. The monoisotopic (exact) mass is 446 g/mol. The van der Waals surface area contributed by atoms with Crippen molar-refractivity contribution >= 4 is 33.3 Å². The van der Waals surface area contributed by atoms with Gasteiger partial charge in [0.1, 0.15) is 0 Å². The van der Waals surface area contributed by atoms with E-state index in [1.54, 1.807) is 22.8 Å². The molecule has 3 aromatic rings. The SMILES string of the molecule is CCCCn1c(=O)c2cc(NC(=O)C3CC3)ccc2c2cc(C(C)(O)C(F)(F)F)ccc21. The van der Waals surface area contributed by atoms with Crippen LogP contribution in [0.5, 0.6) is 0 Å². The number of benzene rings is 2. The number of alkyl halides is 3. The number of hydrogen-bond donors (Lipinski definition) is 2. The molecule has 1 fully saturated rings. The summed E-state index contributed by atoms with van der Waals surface area (Å²) in [5.74, 6) is -0.101. The molecule has 1 heterocycles. The third-order valence-corrected chi connectivity index (χ3v) is 6.14. The number of unbranched alkanes of at least 4 members (excludes halogenated alkanes) is 1. The molecule has 4 rings (SSSR count). The van der Waals surface area contributed by atoms with Gasteiger partial charge in [-0.15, -0.1) is 0 Å². The number of hydrogen-bond acceptors (Lipinski definition) is 3. The Bertz CT molecular complexity index is 1260. The fourth-order valence-corrected chi connectivity index (χ4v) is 3.87. The Morgan fingerprint density at radius 2 is 1.84 bits per heavy atom. The van der Waals surface area contributed by atoms with Gasteiger partial charge in [0.25, 0.3) is 5.56 Å². The first-order chi connectivity index (χ1) is 15.0. The molecule has 1 amide bonds. The van der Waals surface area contributed by atoms with Gasteiger partial charge in [0, 0.05) is 28.9 Å². The highest BCUT2D eigenvalue weighted by molar-refractivity contribution is 6.07. The minimum absolute atomic E-state index is 0.00401. The lowest BCUT2D eigenvalue weighted by Gasteiger charge is -2.27. The number of carbonyl (C=O) groups is 1. The second kappa shape index (κ2) is 7.92. The number of pyridine rings is 1. The molecule has 1 aliphatic rings. The van der Waals surface area contributed by atoms with Crippen LogP contribution >= 0.6 is 0 Å². The third kappa shape index (κ3) is 3.88. The Kier molecular flexibility index (Phi) is 5.53. The van der Waals surface area contributed by atoms with Gasteiger partial charge in [-0.1, -0.05) is 25.5 Å². The summed E-state index contributed by atoms with van der Waals surface area (Å²) in [6.07, 6.45) is -1.61. The lowest BCUT2D eigenvalue weighted by molar-refractivity contribution is -0.258.